The predicted octanol–water partition coefficient (Wildman–Crippen LogP) is 7.51. The Hall–Kier alpha value is -6.78. The summed E-state index contributed by atoms with van der Waals surface area (Å²) in [6.07, 6.45) is 2.96. The second kappa shape index (κ2) is 18.7. The molecule has 7 heterocycles. The van der Waals surface area contributed by atoms with Crippen LogP contribution in [0, 0.1) is 25.2 Å². The Morgan fingerprint density at radius 1 is 0.917 bits per heavy atom. The molecule has 17 nitrogen and oxygen atoms in total. The van der Waals surface area contributed by atoms with Crippen LogP contribution in [0.2, 0.25) is 0 Å². The summed E-state index contributed by atoms with van der Waals surface area (Å²) in [6.45, 7) is 10.3. The number of carbonyl (C=O) groups excluding carboxylic acids is 4. The van der Waals surface area contributed by atoms with Gasteiger partial charge in [-0.05, 0) is 101 Å². The Kier molecular flexibility index (Phi) is 12.7. The first-order valence-electron chi connectivity index (χ1n) is 23.8. The van der Waals surface area contributed by atoms with Crippen molar-refractivity contribution in [1.82, 2.24) is 15.1 Å². The van der Waals surface area contributed by atoms with Crippen LogP contribution in [0.5, 0.6) is 40.2 Å². The first-order chi connectivity index (χ1) is 34.5. The van der Waals surface area contributed by atoms with Crippen LogP contribution in [0.15, 0.2) is 54.6 Å². The number of rotatable bonds is 7. The van der Waals surface area contributed by atoms with E-state index < -0.39 is 70.7 Å². The number of carbonyl (C=O) groups is 4. The lowest BCUT2D eigenvalue weighted by Crippen LogP contribution is -2.69. The van der Waals surface area contributed by atoms with E-state index in [1.54, 1.807) is 39.0 Å². The fraction of sp³-hybridized carbons (Fsp3) is 0.426. The van der Waals surface area contributed by atoms with Crippen molar-refractivity contribution in [2.45, 2.75) is 101 Å². The van der Waals surface area contributed by atoms with E-state index in [-0.39, 0.29) is 42.2 Å². The number of nitrogens with zero attached hydrogens (tertiary/aromatic N) is 3. The number of aryl methyl sites for hydroxylation is 1. The second-order valence-electron chi connectivity index (χ2n) is 19.8. The molecule has 7 atom stereocenters. The van der Waals surface area contributed by atoms with Gasteiger partial charge in [-0.2, -0.15) is 5.26 Å². The highest BCUT2D eigenvalue weighted by atomic mass is 32.2. The topological polar surface area (TPSA) is 194 Å². The van der Waals surface area contributed by atoms with Gasteiger partial charge in [-0.25, -0.2) is 14.4 Å². The van der Waals surface area contributed by atoms with Gasteiger partial charge >= 0.3 is 24.1 Å². The van der Waals surface area contributed by atoms with Crippen LogP contribution in [-0.2, 0) is 42.2 Å². The lowest BCUT2D eigenvalue weighted by molar-refractivity contribution is -0.157. The van der Waals surface area contributed by atoms with E-state index in [1.807, 2.05) is 57.3 Å². The largest absolute Gasteiger partial charge is 0.514 e. The van der Waals surface area contributed by atoms with Gasteiger partial charge in [-0.1, -0.05) is 36.4 Å². The van der Waals surface area contributed by atoms with Gasteiger partial charge in [0.2, 0.25) is 6.79 Å². The summed E-state index contributed by atoms with van der Waals surface area (Å²) in [7, 11) is 4.95. The number of benzene rings is 4. The number of hydrogen-bond donors (Lipinski definition) is 1. The fourth-order valence-corrected chi connectivity index (χ4v) is 13.2. The average Bonchev–Trinajstić information content (AvgIpc) is 3.83. The van der Waals surface area contributed by atoms with Crippen molar-refractivity contribution >= 4 is 41.9 Å². The molecule has 376 valence electrons. The smallest absolute Gasteiger partial charge is 0.493 e. The number of likely N-dealkylation sites (N-methyl/N-ethyl adjacent to an activating group) is 1. The van der Waals surface area contributed by atoms with Crippen LogP contribution < -0.4 is 38.5 Å². The van der Waals surface area contributed by atoms with Crippen molar-refractivity contribution in [3.05, 3.63) is 105 Å². The van der Waals surface area contributed by atoms with Crippen molar-refractivity contribution in [2.24, 2.45) is 0 Å². The molecule has 2 saturated heterocycles. The predicted molar refractivity (Wildman–Crippen MR) is 263 cm³/mol. The molecule has 0 saturated carbocycles. The highest BCUT2D eigenvalue weighted by Gasteiger charge is 2.62. The molecule has 4 aromatic carbocycles. The number of fused-ring (bicyclic) bond motifs is 9. The third kappa shape index (κ3) is 8.16. The van der Waals surface area contributed by atoms with Crippen LogP contribution in [0.3, 0.4) is 0 Å². The molecule has 0 radical (unpaired) electrons. The monoisotopic (exact) mass is 1000 g/mol. The molecular formula is C54H56N4O13S. The van der Waals surface area contributed by atoms with Crippen LogP contribution in [-0.4, -0.2) is 105 Å². The molecule has 1 N–H and O–H groups in total. The van der Waals surface area contributed by atoms with E-state index in [1.165, 1.54) is 39.0 Å². The van der Waals surface area contributed by atoms with Crippen molar-refractivity contribution in [1.29, 1.82) is 5.26 Å². The molecular weight excluding hydrogens is 945 g/mol. The minimum atomic E-state index is -1.50. The van der Waals surface area contributed by atoms with E-state index in [0.29, 0.717) is 64.5 Å². The molecule has 2 fully saturated rings. The normalized spacial score (nSPS) is 25.0. The van der Waals surface area contributed by atoms with Crippen LogP contribution in [0.4, 0.5) is 4.79 Å². The number of esters is 3. The first kappa shape index (κ1) is 48.8. The summed E-state index contributed by atoms with van der Waals surface area (Å²) in [5.41, 5.74) is 3.78. The van der Waals surface area contributed by atoms with E-state index >= 15 is 4.79 Å². The van der Waals surface area contributed by atoms with E-state index in [2.05, 4.69) is 21.2 Å². The fourth-order valence-electron chi connectivity index (χ4n) is 11.6. The number of nitrogens with one attached hydrogen (secondary N) is 1. The maximum absolute atomic E-state index is 15.3. The molecule has 0 aliphatic carbocycles. The summed E-state index contributed by atoms with van der Waals surface area (Å²) in [5, 5.41) is 14.3. The summed E-state index contributed by atoms with van der Waals surface area (Å²) in [4.78, 5) is 59.9. The number of thioether (sulfide) groups is 1. The number of nitriles is 1. The van der Waals surface area contributed by atoms with Gasteiger partial charge in [0.05, 0.1) is 37.6 Å². The zero-order chi connectivity index (χ0) is 51.0. The summed E-state index contributed by atoms with van der Waals surface area (Å²) < 4.78 is 55.1. The third-order valence-electron chi connectivity index (χ3n) is 14.4. The minimum absolute atomic E-state index is 0.0511. The average molecular weight is 1000 g/mol. The minimum Gasteiger partial charge on any atom is -0.493 e. The van der Waals surface area contributed by atoms with Gasteiger partial charge in [0.1, 0.15) is 24.0 Å². The van der Waals surface area contributed by atoms with E-state index in [4.69, 9.17) is 42.6 Å². The number of hydrogen-bond acceptors (Lipinski definition) is 18. The van der Waals surface area contributed by atoms with Crippen molar-refractivity contribution in [3.8, 4) is 46.3 Å². The standard InChI is InChI=1S/C54H56N4O13S/c1-27-19-32-20-34-35(23-55)58-36-24-65-51(61)54(33-22-37(63-8)38(21-31(33)17-18-56-54)69-39(60)16-15-30-13-11-10-12-14-30)25-72-50(42-41(36)48-47(66-26-67-48)28(2)46(42)68-29(3)59)44(58)43(57(34)7)40(32)49(45(27)64-9)70-52(62)71-53(4,5)6/h10-16,19,21-22,34-36,43-44,50,56H,17-18,20,24-26H2,1-9H3/b16-15+/t34-,35-,36-,43+,44?,50+,54+/m0/s1. The van der Waals surface area contributed by atoms with Crippen molar-refractivity contribution < 1.29 is 61.8 Å². The molecule has 18 heteroatoms. The van der Waals surface area contributed by atoms with Gasteiger partial charge in [0.15, 0.2) is 40.0 Å². The SMILES string of the molecule is COc1cc2c(cc1OC(=O)/C=C/c1ccccc1)CCN[C@]21CS[C@@H]2c3c(OC(C)=O)c(C)c4c(c3[C@H](COC1=O)N1C2[C@H]2c3c(cc(C)c(OC)c3OC(=O)OC(C)(C)C)C[C@@H]([C@@H]1C#N)N2C)OCO4. The molecule has 0 aromatic heterocycles. The Balaban J connectivity index is 1.16. The molecule has 4 aromatic rings. The number of piperazine rings is 1. The molecule has 7 aliphatic heterocycles. The Labute approximate surface area is 421 Å². The summed E-state index contributed by atoms with van der Waals surface area (Å²) in [6, 6.07) is 14.2. The highest BCUT2D eigenvalue weighted by Crippen LogP contribution is 2.65. The Bertz CT molecular complexity index is 2980. The van der Waals surface area contributed by atoms with Gasteiger partial charge in [-0.3, -0.25) is 19.9 Å². The summed E-state index contributed by atoms with van der Waals surface area (Å²) in [5.74, 6) is 0.340. The van der Waals surface area contributed by atoms with Crippen LogP contribution >= 0.6 is 11.8 Å². The summed E-state index contributed by atoms with van der Waals surface area (Å²) >= 11 is 1.43. The molecule has 0 amide bonds. The second-order valence-corrected chi connectivity index (χ2v) is 20.9. The highest BCUT2D eigenvalue weighted by molar-refractivity contribution is 7.99. The Morgan fingerprint density at radius 3 is 2.39 bits per heavy atom. The van der Waals surface area contributed by atoms with Crippen molar-refractivity contribution in [3.63, 3.8) is 0 Å². The zero-order valence-electron chi connectivity index (χ0n) is 41.5. The molecule has 1 spiro atoms. The van der Waals surface area contributed by atoms with E-state index in [9.17, 15) is 19.6 Å². The number of methoxy groups -OCH3 is 2. The van der Waals surface area contributed by atoms with Crippen molar-refractivity contribution in [2.75, 3.05) is 47.0 Å². The molecule has 1 unspecified atom stereocenters. The van der Waals surface area contributed by atoms with Gasteiger partial charge in [-0.15, -0.1) is 11.8 Å². The molecule has 11 rings (SSSR count). The quantitative estimate of drug-likeness (QED) is 0.0827. The number of ether oxygens (including phenoxy) is 9. The van der Waals surface area contributed by atoms with Gasteiger partial charge in [0, 0.05) is 59.6 Å². The lowest BCUT2D eigenvalue weighted by Gasteiger charge is -2.62. The Morgan fingerprint density at radius 2 is 1.68 bits per heavy atom. The molecule has 7 aliphatic rings. The lowest BCUT2D eigenvalue weighted by atomic mass is 9.71. The molecule has 72 heavy (non-hydrogen) atoms. The van der Waals surface area contributed by atoms with Crippen LogP contribution in [0.25, 0.3) is 6.08 Å². The third-order valence-corrected chi connectivity index (χ3v) is 15.9. The van der Waals surface area contributed by atoms with Crippen LogP contribution in [0.1, 0.15) is 95.1 Å². The van der Waals surface area contributed by atoms with Gasteiger partial charge in [0.25, 0.3) is 0 Å². The molecule has 4 bridgehead atoms. The maximum atomic E-state index is 15.3. The van der Waals surface area contributed by atoms with Gasteiger partial charge < -0.3 is 42.6 Å². The maximum Gasteiger partial charge on any atom is 0.514 e. The van der Waals surface area contributed by atoms with E-state index in [0.717, 1.165) is 22.3 Å². The zero-order valence-corrected chi connectivity index (χ0v) is 42.4. The first-order valence-corrected chi connectivity index (χ1v) is 24.9.